The molecular formula is C14H19FN2O. The molecule has 18 heavy (non-hydrogen) atoms. The molecule has 0 aromatic heterocycles. The van der Waals surface area contributed by atoms with Crippen molar-refractivity contribution in [3.05, 3.63) is 29.1 Å². The largest absolute Gasteiger partial charge is 0.399 e. The molecule has 4 heteroatoms. The first-order valence-electron chi connectivity index (χ1n) is 6.24. The van der Waals surface area contributed by atoms with Gasteiger partial charge in [0.2, 0.25) is 0 Å². The highest BCUT2D eigenvalue weighted by Crippen LogP contribution is 2.35. The Balaban J connectivity index is 2.27. The van der Waals surface area contributed by atoms with Crippen molar-refractivity contribution in [2.45, 2.75) is 32.7 Å². The molecule has 1 aromatic carbocycles. The van der Waals surface area contributed by atoms with Gasteiger partial charge < -0.3 is 10.6 Å². The van der Waals surface area contributed by atoms with Gasteiger partial charge in [-0.2, -0.15) is 0 Å². The molecular weight excluding hydrogens is 231 g/mol. The van der Waals surface area contributed by atoms with Crippen LogP contribution in [0, 0.1) is 18.7 Å². The maximum absolute atomic E-state index is 14.0. The van der Waals surface area contributed by atoms with Crippen molar-refractivity contribution >= 4 is 11.6 Å². The zero-order chi connectivity index (χ0) is 13.4. The first-order valence-corrected chi connectivity index (χ1v) is 6.24. The van der Waals surface area contributed by atoms with Crippen molar-refractivity contribution in [3.63, 3.8) is 0 Å². The van der Waals surface area contributed by atoms with Crippen molar-refractivity contribution in [1.29, 1.82) is 0 Å². The Bertz CT molecular complexity index is 483. The van der Waals surface area contributed by atoms with Crippen LogP contribution in [-0.2, 0) is 0 Å². The highest BCUT2D eigenvalue weighted by Gasteiger charge is 2.33. The second kappa shape index (κ2) is 4.59. The minimum atomic E-state index is -0.468. The van der Waals surface area contributed by atoms with Gasteiger partial charge in [0.1, 0.15) is 5.82 Å². The van der Waals surface area contributed by atoms with E-state index in [1.54, 1.807) is 18.9 Å². The molecule has 0 radical (unpaired) electrons. The molecule has 1 aliphatic rings. The Morgan fingerprint density at radius 3 is 2.67 bits per heavy atom. The number of hydrogen-bond acceptors (Lipinski definition) is 2. The number of nitrogen functional groups attached to an aromatic ring is 1. The maximum Gasteiger partial charge on any atom is 0.256 e. The Morgan fingerprint density at radius 2 is 2.11 bits per heavy atom. The number of hydrogen-bond donors (Lipinski definition) is 1. The molecule has 0 aliphatic heterocycles. The number of halogens is 1. The Morgan fingerprint density at radius 1 is 1.50 bits per heavy atom. The molecule has 3 nitrogen and oxygen atoms in total. The van der Waals surface area contributed by atoms with E-state index in [0.29, 0.717) is 17.2 Å². The quantitative estimate of drug-likeness (QED) is 0.838. The Kier molecular flexibility index (Phi) is 3.28. The summed E-state index contributed by atoms with van der Waals surface area (Å²) < 4.78 is 14.0. The smallest absolute Gasteiger partial charge is 0.256 e. The molecule has 98 valence electrons. The number of nitrogens with zero attached hydrogens (tertiary/aromatic N) is 1. The molecule has 1 aliphatic carbocycles. The van der Waals surface area contributed by atoms with Gasteiger partial charge in [-0.25, -0.2) is 4.39 Å². The highest BCUT2D eigenvalue weighted by molar-refractivity contribution is 5.95. The number of rotatable bonds is 3. The minimum absolute atomic E-state index is 0.0718. The summed E-state index contributed by atoms with van der Waals surface area (Å²) in [5.41, 5.74) is 6.58. The number of amides is 1. The molecule has 1 aromatic rings. The van der Waals surface area contributed by atoms with E-state index >= 15 is 0 Å². The summed E-state index contributed by atoms with van der Waals surface area (Å²) in [6, 6.07) is 3.11. The average Bonchev–Trinajstić information content (AvgIpc) is 3.15. The van der Waals surface area contributed by atoms with Crippen molar-refractivity contribution in [3.8, 4) is 0 Å². The van der Waals surface area contributed by atoms with E-state index in [-0.39, 0.29) is 17.5 Å². The second-order valence-corrected chi connectivity index (χ2v) is 5.19. The summed E-state index contributed by atoms with van der Waals surface area (Å²) in [7, 11) is 1.73. The number of nitrogens with two attached hydrogens (primary N) is 1. The van der Waals surface area contributed by atoms with Gasteiger partial charge in [0.15, 0.2) is 0 Å². The Hall–Kier alpha value is -1.58. The van der Waals surface area contributed by atoms with Crippen LogP contribution in [0.15, 0.2) is 12.1 Å². The van der Waals surface area contributed by atoms with Gasteiger partial charge in [-0.3, -0.25) is 4.79 Å². The lowest BCUT2D eigenvalue weighted by molar-refractivity contribution is 0.0722. The molecule has 0 saturated heterocycles. The summed E-state index contributed by atoms with van der Waals surface area (Å²) in [5.74, 6) is -0.199. The lowest BCUT2D eigenvalue weighted by Gasteiger charge is -2.25. The third-order valence-corrected chi connectivity index (χ3v) is 3.74. The predicted octanol–water partition coefficient (Wildman–Crippen LogP) is 2.59. The molecule has 0 spiro atoms. The van der Waals surface area contributed by atoms with Crippen LogP contribution in [0.3, 0.4) is 0 Å². The van der Waals surface area contributed by atoms with E-state index in [9.17, 15) is 9.18 Å². The van der Waals surface area contributed by atoms with Gasteiger partial charge in [0, 0.05) is 18.8 Å². The van der Waals surface area contributed by atoms with E-state index < -0.39 is 5.82 Å². The second-order valence-electron chi connectivity index (χ2n) is 5.19. The SMILES string of the molecule is Cc1cc(N)cc(C(=O)N(C)C(C)C2CC2)c1F. The molecule has 1 atom stereocenters. The molecule has 1 fully saturated rings. The molecule has 1 saturated carbocycles. The monoisotopic (exact) mass is 250 g/mol. The molecule has 1 amide bonds. The third kappa shape index (κ3) is 2.33. The summed E-state index contributed by atoms with van der Waals surface area (Å²) >= 11 is 0. The summed E-state index contributed by atoms with van der Waals surface area (Å²) in [5, 5.41) is 0. The number of benzene rings is 1. The first-order chi connectivity index (χ1) is 8.41. The van der Waals surface area contributed by atoms with Crippen molar-refractivity contribution in [2.75, 3.05) is 12.8 Å². The van der Waals surface area contributed by atoms with Crippen LogP contribution in [0.1, 0.15) is 35.7 Å². The number of anilines is 1. The number of carbonyl (C=O) groups excluding carboxylic acids is 1. The normalized spacial score (nSPS) is 16.4. The molecule has 0 bridgehead atoms. The molecule has 0 heterocycles. The molecule has 2 N–H and O–H groups in total. The first kappa shape index (κ1) is 12.9. The number of carbonyl (C=O) groups is 1. The van der Waals surface area contributed by atoms with Crippen molar-refractivity contribution < 1.29 is 9.18 Å². The standard InChI is InChI=1S/C14H19FN2O/c1-8-6-11(16)7-12(13(8)15)14(18)17(3)9(2)10-4-5-10/h6-7,9-10H,4-5,16H2,1-3H3. The predicted molar refractivity (Wildman–Crippen MR) is 69.8 cm³/mol. The van der Waals surface area contributed by atoms with Crippen LogP contribution in [0.5, 0.6) is 0 Å². The topological polar surface area (TPSA) is 46.3 Å². The van der Waals surface area contributed by atoms with Crippen LogP contribution in [0.25, 0.3) is 0 Å². The fourth-order valence-corrected chi connectivity index (χ4v) is 2.22. The van der Waals surface area contributed by atoms with E-state index in [2.05, 4.69) is 0 Å². The van der Waals surface area contributed by atoms with Gasteiger partial charge in [-0.05, 0) is 50.3 Å². The van der Waals surface area contributed by atoms with Crippen molar-refractivity contribution in [2.24, 2.45) is 5.92 Å². The highest BCUT2D eigenvalue weighted by atomic mass is 19.1. The van der Waals surface area contributed by atoms with Gasteiger partial charge in [-0.1, -0.05) is 0 Å². The lowest BCUT2D eigenvalue weighted by Crippen LogP contribution is -2.37. The molecule has 1 unspecified atom stereocenters. The van der Waals surface area contributed by atoms with Crippen LogP contribution < -0.4 is 5.73 Å². The fourth-order valence-electron chi connectivity index (χ4n) is 2.22. The van der Waals surface area contributed by atoms with E-state index in [1.165, 1.54) is 12.1 Å². The number of aryl methyl sites for hydroxylation is 1. The van der Waals surface area contributed by atoms with Crippen molar-refractivity contribution in [1.82, 2.24) is 4.90 Å². The average molecular weight is 250 g/mol. The van der Waals surface area contributed by atoms with Crippen LogP contribution >= 0.6 is 0 Å². The van der Waals surface area contributed by atoms with Crippen LogP contribution in [0.2, 0.25) is 0 Å². The van der Waals surface area contributed by atoms with Gasteiger partial charge in [-0.15, -0.1) is 0 Å². The third-order valence-electron chi connectivity index (χ3n) is 3.74. The van der Waals surface area contributed by atoms with Gasteiger partial charge in [0.25, 0.3) is 5.91 Å². The zero-order valence-electron chi connectivity index (χ0n) is 11.0. The summed E-state index contributed by atoms with van der Waals surface area (Å²) in [6.45, 7) is 3.62. The zero-order valence-corrected chi connectivity index (χ0v) is 11.0. The lowest BCUT2D eigenvalue weighted by atomic mass is 10.1. The summed E-state index contributed by atoms with van der Waals surface area (Å²) in [6.07, 6.45) is 2.30. The van der Waals surface area contributed by atoms with Gasteiger partial charge >= 0.3 is 0 Å². The summed E-state index contributed by atoms with van der Waals surface area (Å²) in [4.78, 5) is 13.9. The van der Waals surface area contributed by atoms with E-state index in [0.717, 1.165) is 12.8 Å². The van der Waals surface area contributed by atoms with E-state index in [4.69, 9.17) is 5.73 Å². The van der Waals surface area contributed by atoms with E-state index in [1.807, 2.05) is 6.92 Å². The van der Waals surface area contributed by atoms with Crippen LogP contribution in [0.4, 0.5) is 10.1 Å². The van der Waals surface area contributed by atoms with Gasteiger partial charge in [0.05, 0.1) is 5.56 Å². The minimum Gasteiger partial charge on any atom is -0.399 e. The van der Waals surface area contributed by atoms with Crippen LogP contribution in [-0.4, -0.2) is 23.9 Å². The Labute approximate surface area is 107 Å². The maximum atomic E-state index is 14.0. The molecule has 2 rings (SSSR count). The fraction of sp³-hybridized carbons (Fsp3) is 0.500.